The summed E-state index contributed by atoms with van der Waals surface area (Å²) in [6.07, 6.45) is 6.09. The fourth-order valence-electron chi connectivity index (χ4n) is 5.84. The molecule has 38 heavy (non-hydrogen) atoms. The molecule has 2 aromatic carbocycles. The smallest absolute Gasteiger partial charge is 0.123 e. The fourth-order valence-corrected chi connectivity index (χ4v) is 5.84. The van der Waals surface area contributed by atoms with Crippen molar-refractivity contribution in [2.75, 3.05) is 13.1 Å². The van der Waals surface area contributed by atoms with Gasteiger partial charge in [0, 0.05) is 5.39 Å². The molecule has 7 nitrogen and oxygen atoms in total. The van der Waals surface area contributed by atoms with E-state index < -0.39 is 0 Å². The summed E-state index contributed by atoms with van der Waals surface area (Å²) < 4.78 is 0. The number of nitrogens with one attached hydrogen (secondary N) is 4. The minimum atomic E-state index is 0.302. The van der Waals surface area contributed by atoms with Gasteiger partial charge in [-0.1, -0.05) is 50.2 Å². The number of aromatic nitrogens is 5. The van der Waals surface area contributed by atoms with Crippen LogP contribution >= 0.6 is 0 Å². The van der Waals surface area contributed by atoms with E-state index in [1.807, 2.05) is 12.4 Å². The van der Waals surface area contributed by atoms with Crippen molar-refractivity contribution in [3.63, 3.8) is 0 Å². The molecule has 4 atom stereocenters. The van der Waals surface area contributed by atoms with Crippen molar-refractivity contribution >= 4 is 10.9 Å². The average Bonchev–Trinajstić information content (AvgIpc) is 3.75. The van der Waals surface area contributed by atoms with Gasteiger partial charge in [-0.3, -0.25) is 0 Å². The first-order valence-electron chi connectivity index (χ1n) is 13.7. The molecule has 4 unspecified atom stereocenters. The highest BCUT2D eigenvalue weighted by Crippen LogP contribution is 2.31. The molecule has 2 fully saturated rings. The van der Waals surface area contributed by atoms with Crippen molar-refractivity contribution in [1.82, 2.24) is 35.6 Å². The number of aromatic amines is 2. The van der Waals surface area contributed by atoms with Crippen molar-refractivity contribution in [3.05, 3.63) is 78.6 Å². The van der Waals surface area contributed by atoms with Crippen LogP contribution in [0.5, 0.6) is 0 Å². The van der Waals surface area contributed by atoms with E-state index in [1.165, 1.54) is 11.1 Å². The molecule has 7 heteroatoms. The van der Waals surface area contributed by atoms with Gasteiger partial charge < -0.3 is 20.6 Å². The summed E-state index contributed by atoms with van der Waals surface area (Å²) in [5.41, 5.74) is 7.42. The molecule has 3 aromatic heterocycles. The zero-order chi connectivity index (χ0) is 25.6. The number of nitrogens with zero attached hydrogens (tertiary/aromatic N) is 3. The van der Waals surface area contributed by atoms with Crippen LogP contribution in [0.25, 0.3) is 44.7 Å². The lowest BCUT2D eigenvalue weighted by atomic mass is 10.0. The molecule has 0 amide bonds. The molecule has 5 aromatic rings. The summed E-state index contributed by atoms with van der Waals surface area (Å²) in [6, 6.07) is 20.0. The number of hydrogen-bond donors (Lipinski definition) is 4. The van der Waals surface area contributed by atoms with Crippen molar-refractivity contribution in [3.8, 4) is 33.8 Å². The van der Waals surface area contributed by atoms with E-state index in [4.69, 9.17) is 4.98 Å². The van der Waals surface area contributed by atoms with Crippen LogP contribution in [0.2, 0.25) is 0 Å². The largest absolute Gasteiger partial charge is 0.341 e. The monoisotopic (exact) mass is 503 g/mol. The standard InChI is InChI=1S/C31H33N7/c1-18-11-26(32-14-18)30-34-16-28(37-30)21-5-3-20(4-6-21)22-7-9-24-23(13-22)8-10-25(36-24)29-17-35-31(38-29)27-12-19(2)15-33-27/h3-10,13,16-19,26-27,32-33H,11-12,14-15H2,1-2H3,(H,34,37)(H,35,38). The Labute approximate surface area is 222 Å². The van der Waals surface area contributed by atoms with Crippen molar-refractivity contribution < 1.29 is 0 Å². The van der Waals surface area contributed by atoms with E-state index in [0.29, 0.717) is 23.9 Å². The molecular weight excluding hydrogens is 470 g/mol. The second kappa shape index (κ2) is 9.49. The van der Waals surface area contributed by atoms with Crippen LogP contribution in [0.3, 0.4) is 0 Å². The number of pyridine rings is 1. The van der Waals surface area contributed by atoms with Gasteiger partial charge in [-0.25, -0.2) is 15.0 Å². The lowest BCUT2D eigenvalue weighted by Crippen LogP contribution is -2.14. The van der Waals surface area contributed by atoms with Gasteiger partial charge in [0.05, 0.1) is 47.1 Å². The van der Waals surface area contributed by atoms with Crippen LogP contribution in [0, 0.1) is 11.8 Å². The average molecular weight is 504 g/mol. The lowest BCUT2D eigenvalue weighted by molar-refractivity contribution is 0.588. The highest BCUT2D eigenvalue weighted by atomic mass is 15.1. The predicted octanol–water partition coefficient (Wildman–Crippen LogP) is 6.02. The maximum absolute atomic E-state index is 4.92. The van der Waals surface area contributed by atoms with Crippen LogP contribution < -0.4 is 10.6 Å². The Hall–Kier alpha value is -3.81. The Bertz CT molecular complexity index is 1580. The van der Waals surface area contributed by atoms with Gasteiger partial charge in [-0.15, -0.1) is 0 Å². The number of imidazole rings is 2. The Kier molecular flexibility index (Phi) is 5.82. The van der Waals surface area contributed by atoms with Crippen LogP contribution in [-0.2, 0) is 0 Å². The number of benzene rings is 2. The maximum atomic E-state index is 4.92. The predicted molar refractivity (Wildman–Crippen MR) is 151 cm³/mol. The van der Waals surface area contributed by atoms with Gasteiger partial charge in [0.1, 0.15) is 11.6 Å². The summed E-state index contributed by atoms with van der Waals surface area (Å²) in [5, 5.41) is 8.22. The number of rotatable bonds is 5. The molecule has 0 saturated carbocycles. The third-order valence-corrected chi connectivity index (χ3v) is 8.05. The zero-order valence-corrected chi connectivity index (χ0v) is 21.8. The number of H-pyrrole nitrogens is 2. The SMILES string of the molecule is CC1CNC(c2ncc(-c3ccc(-c4ccc5nc(-c6cnc(C7CC(C)CN7)[nH]6)ccc5c4)cc3)[nH]2)C1. The van der Waals surface area contributed by atoms with E-state index >= 15 is 0 Å². The lowest BCUT2D eigenvalue weighted by Gasteiger charge is -2.08. The maximum Gasteiger partial charge on any atom is 0.123 e. The van der Waals surface area contributed by atoms with E-state index in [9.17, 15) is 0 Å². The van der Waals surface area contributed by atoms with Crippen molar-refractivity contribution in [1.29, 1.82) is 0 Å². The van der Waals surface area contributed by atoms with Crippen molar-refractivity contribution in [2.24, 2.45) is 11.8 Å². The van der Waals surface area contributed by atoms with Gasteiger partial charge >= 0.3 is 0 Å². The summed E-state index contributed by atoms with van der Waals surface area (Å²) >= 11 is 0. The van der Waals surface area contributed by atoms with Gasteiger partial charge in [0.2, 0.25) is 0 Å². The topological polar surface area (TPSA) is 94.3 Å². The first kappa shape index (κ1) is 23.3. The molecule has 4 N–H and O–H groups in total. The highest BCUT2D eigenvalue weighted by Gasteiger charge is 2.25. The zero-order valence-electron chi connectivity index (χ0n) is 21.8. The summed E-state index contributed by atoms with van der Waals surface area (Å²) in [4.78, 5) is 21.2. The van der Waals surface area contributed by atoms with Crippen LogP contribution in [0.1, 0.15) is 50.4 Å². The Balaban J connectivity index is 1.09. The summed E-state index contributed by atoms with van der Waals surface area (Å²) in [7, 11) is 0. The molecule has 0 radical (unpaired) electrons. The normalized spacial score (nSPS) is 23.4. The van der Waals surface area contributed by atoms with Gasteiger partial charge in [-0.2, -0.15) is 0 Å². The molecule has 2 aliphatic heterocycles. The minimum absolute atomic E-state index is 0.302. The van der Waals surface area contributed by atoms with Gasteiger partial charge in [-0.05, 0) is 72.7 Å². The van der Waals surface area contributed by atoms with Crippen LogP contribution in [0.4, 0.5) is 0 Å². The molecular formula is C31H33N7. The molecule has 2 saturated heterocycles. The third-order valence-electron chi connectivity index (χ3n) is 8.05. The molecule has 0 bridgehead atoms. The number of hydrogen-bond acceptors (Lipinski definition) is 5. The van der Waals surface area contributed by atoms with E-state index in [-0.39, 0.29) is 0 Å². The molecule has 0 spiro atoms. The fraction of sp³-hybridized carbons (Fsp3) is 0.323. The summed E-state index contributed by atoms with van der Waals surface area (Å²) in [5.74, 6) is 3.41. The van der Waals surface area contributed by atoms with E-state index in [2.05, 4.69) is 99.0 Å². The van der Waals surface area contributed by atoms with E-state index in [0.717, 1.165) is 71.1 Å². The first-order valence-corrected chi connectivity index (χ1v) is 13.7. The molecule has 5 heterocycles. The minimum Gasteiger partial charge on any atom is -0.341 e. The van der Waals surface area contributed by atoms with Crippen LogP contribution in [0.15, 0.2) is 67.0 Å². The Morgan fingerprint density at radius 3 is 1.92 bits per heavy atom. The molecule has 7 rings (SSSR count). The first-order chi connectivity index (χ1) is 18.6. The van der Waals surface area contributed by atoms with Crippen molar-refractivity contribution in [2.45, 2.75) is 38.8 Å². The van der Waals surface area contributed by atoms with Crippen LogP contribution in [-0.4, -0.2) is 38.0 Å². The second-order valence-electron chi connectivity index (χ2n) is 11.1. The van der Waals surface area contributed by atoms with Gasteiger partial charge in [0.15, 0.2) is 0 Å². The molecule has 192 valence electrons. The second-order valence-corrected chi connectivity index (χ2v) is 11.1. The summed E-state index contributed by atoms with van der Waals surface area (Å²) in [6.45, 7) is 6.65. The Morgan fingerprint density at radius 1 is 0.658 bits per heavy atom. The highest BCUT2D eigenvalue weighted by molar-refractivity contribution is 5.86. The molecule has 0 aliphatic carbocycles. The quantitative estimate of drug-likeness (QED) is 0.235. The Morgan fingerprint density at radius 2 is 1.26 bits per heavy atom. The molecule has 2 aliphatic rings. The third kappa shape index (κ3) is 4.42. The van der Waals surface area contributed by atoms with E-state index in [1.54, 1.807) is 0 Å². The number of fused-ring (bicyclic) bond motifs is 1. The van der Waals surface area contributed by atoms with Gasteiger partial charge in [0.25, 0.3) is 0 Å².